The number of thiazole rings is 1. The maximum Gasteiger partial charge on any atom is 0.302 e. The molecule has 6 nitrogen and oxygen atoms in total. The Morgan fingerprint density at radius 2 is 1.96 bits per heavy atom. The molecule has 26 heavy (non-hydrogen) atoms. The maximum absolute atomic E-state index is 6.32. The van der Waals surface area contributed by atoms with Crippen LogP contribution < -0.4 is 5.32 Å². The van der Waals surface area contributed by atoms with E-state index in [4.69, 9.17) is 27.6 Å². The number of aromatic nitrogens is 4. The summed E-state index contributed by atoms with van der Waals surface area (Å²) in [6.45, 7) is 0. The van der Waals surface area contributed by atoms with Gasteiger partial charge in [0.05, 0.1) is 10.7 Å². The Kier molecular flexibility index (Phi) is 3.59. The molecule has 5 rings (SSSR count). The molecule has 3 heterocycles. The molecular weight excluding hydrogens is 393 g/mol. The molecule has 0 saturated carbocycles. The molecule has 0 amide bonds. The van der Waals surface area contributed by atoms with Crippen molar-refractivity contribution >= 4 is 62.6 Å². The quantitative estimate of drug-likeness (QED) is 0.422. The molecule has 0 bridgehead atoms. The predicted molar refractivity (Wildman–Crippen MR) is 104 cm³/mol. The van der Waals surface area contributed by atoms with E-state index in [2.05, 4.69) is 20.4 Å². The molecule has 0 fully saturated rings. The molecule has 1 N–H and O–H groups in total. The number of nitrogens with one attached hydrogen (secondary N) is 1. The molecule has 0 aliphatic carbocycles. The van der Waals surface area contributed by atoms with Crippen LogP contribution in [0.25, 0.3) is 27.3 Å². The lowest BCUT2D eigenvalue weighted by molar-refractivity contribution is 0.621. The first kappa shape index (κ1) is 15.6. The molecule has 0 atom stereocenters. The van der Waals surface area contributed by atoms with E-state index >= 15 is 0 Å². The van der Waals surface area contributed by atoms with Crippen LogP contribution in [0.1, 0.15) is 0 Å². The van der Waals surface area contributed by atoms with Crippen molar-refractivity contribution in [2.24, 2.45) is 0 Å². The summed E-state index contributed by atoms with van der Waals surface area (Å²) in [5, 5.41) is 10.6. The van der Waals surface area contributed by atoms with Crippen LogP contribution in [0.5, 0.6) is 0 Å². The van der Waals surface area contributed by atoms with Crippen LogP contribution in [0.3, 0.4) is 0 Å². The fourth-order valence-corrected chi connectivity index (χ4v) is 3.97. The Balaban J connectivity index is 1.53. The Bertz CT molecular complexity index is 1230. The van der Waals surface area contributed by atoms with Crippen LogP contribution in [-0.2, 0) is 0 Å². The van der Waals surface area contributed by atoms with Gasteiger partial charge in [0.1, 0.15) is 5.52 Å². The summed E-state index contributed by atoms with van der Waals surface area (Å²) in [6.07, 6.45) is 0. The molecule has 0 aliphatic heterocycles. The minimum Gasteiger partial charge on any atom is -0.423 e. The van der Waals surface area contributed by atoms with Gasteiger partial charge in [-0.05, 0) is 30.3 Å². The SMILES string of the molecule is Clc1ccc(-c2csc3nc(Nc4nc5ccccc5o4)nn23)c(Cl)c1. The first-order chi connectivity index (χ1) is 12.7. The van der Waals surface area contributed by atoms with Crippen molar-refractivity contribution in [2.75, 3.05) is 5.32 Å². The fourth-order valence-electron chi connectivity index (χ4n) is 2.64. The van der Waals surface area contributed by atoms with Gasteiger partial charge in [-0.3, -0.25) is 5.32 Å². The maximum atomic E-state index is 6.32. The summed E-state index contributed by atoms with van der Waals surface area (Å²) in [5.41, 5.74) is 3.14. The molecule has 0 unspecified atom stereocenters. The molecule has 0 aliphatic rings. The standard InChI is InChI=1S/C17H9Cl2N5OS/c18-9-5-6-10(11(19)7-9)13-8-26-17-22-15(23-24(13)17)21-16-20-12-3-1-2-4-14(12)25-16/h1-8H,(H,20,21,23). The normalized spacial score (nSPS) is 11.5. The van der Waals surface area contributed by atoms with Crippen molar-refractivity contribution in [3.63, 3.8) is 0 Å². The van der Waals surface area contributed by atoms with Gasteiger partial charge in [-0.15, -0.1) is 16.4 Å². The van der Waals surface area contributed by atoms with E-state index in [9.17, 15) is 0 Å². The van der Waals surface area contributed by atoms with Crippen LogP contribution >= 0.6 is 34.5 Å². The second-order valence-corrected chi connectivity index (χ2v) is 7.17. The third kappa shape index (κ3) is 2.61. The number of anilines is 2. The number of oxazole rings is 1. The van der Waals surface area contributed by atoms with Gasteiger partial charge in [0.2, 0.25) is 4.96 Å². The highest BCUT2D eigenvalue weighted by Gasteiger charge is 2.15. The number of benzene rings is 2. The van der Waals surface area contributed by atoms with Gasteiger partial charge in [-0.1, -0.05) is 35.3 Å². The van der Waals surface area contributed by atoms with Gasteiger partial charge in [-0.2, -0.15) is 9.97 Å². The topological polar surface area (TPSA) is 68.2 Å². The Morgan fingerprint density at radius 1 is 1.08 bits per heavy atom. The second kappa shape index (κ2) is 5.98. The van der Waals surface area contributed by atoms with E-state index in [-0.39, 0.29) is 0 Å². The van der Waals surface area contributed by atoms with Crippen LogP contribution in [0, 0.1) is 0 Å². The van der Waals surface area contributed by atoms with Gasteiger partial charge in [0.15, 0.2) is 5.58 Å². The van der Waals surface area contributed by atoms with Crippen molar-refractivity contribution in [2.45, 2.75) is 0 Å². The molecule has 128 valence electrons. The van der Waals surface area contributed by atoms with E-state index in [1.54, 1.807) is 16.6 Å². The lowest BCUT2D eigenvalue weighted by atomic mass is 10.2. The van der Waals surface area contributed by atoms with Gasteiger partial charge in [-0.25, -0.2) is 4.52 Å². The molecule has 9 heteroatoms. The van der Waals surface area contributed by atoms with Gasteiger partial charge >= 0.3 is 6.01 Å². The summed E-state index contributed by atoms with van der Waals surface area (Å²) in [4.78, 5) is 9.56. The van der Waals surface area contributed by atoms with E-state index in [1.807, 2.05) is 35.7 Å². The number of nitrogens with zero attached hydrogens (tertiary/aromatic N) is 4. The zero-order valence-electron chi connectivity index (χ0n) is 13.0. The summed E-state index contributed by atoms with van der Waals surface area (Å²) in [7, 11) is 0. The Morgan fingerprint density at radius 3 is 2.81 bits per heavy atom. The lowest BCUT2D eigenvalue weighted by Gasteiger charge is -2.02. The Hall–Kier alpha value is -2.61. The summed E-state index contributed by atoms with van der Waals surface area (Å²) in [5.74, 6) is 0.398. The largest absolute Gasteiger partial charge is 0.423 e. The minimum atomic E-state index is 0.343. The first-order valence-corrected chi connectivity index (χ1v) is 9.23. The van der Waals surface area contributed by atoms with E-state index in [1.165, 1.54) is 11.3 Å². The van der Waals surface area contributed by atoms with Crippen molar-refractivity contribution in [1.82, 2.24) is 19.6 Å². The number of halogens is 2. The predicted octanol–water partition coefficient (Wildman–Crippen LogP) is 5.65. The molecule has 0 spiro atoms. The summed E-state index contributed by atoms with van der Waals surface area (Å²) < 4.78 is 7.37. The third-order valence-electron chi connectivity index (χ3n) is 3.80. The van der Waals surface area contributed by atoms with Crippen LogP contribution in [0.2, 0.25) is 10.0 Å². The zero-order valence-corrected chi connectivity index (χ0v) is 15.3. The fraction of sp³-hybridized carbons (Fsp3) is 0. The first-order valence-electron chi connectivity index (χ1n) is 7.60. The summed E-state index contributed by atoms with van der Waals surface area (Å²) in [6, 6.07) is 13.2. The zero-order chi connectivity index (χ0) is 17.7. The third-order valence-corrected chi connectivity index (χ3v) is 5.17. The van der Waals surface area contributed by atoms with Gasteiger partial charge in [0, 0.05) is 16.0 Å². The monoisotopic (exact) mass is 401 g/mol. The lowest BCUT2D eigenvalue weighted by Crippen LogP contribution is -1.94. The average molecular weight is 402 g/mol. The number of para-hydroxylation sites is 2. The van der Waals surface area contributed by atoms with Crippen molar-refractivity contribution in [3.8, 4) is 11.3 Å². The van der Waals surface area contributed by atoms with E-state index in [0.717, 1.165) is 21.7 Å². The van der Waals surface area contributed by atoms with Crippen molar-refractivity contribution in [3.05, 3.63) is 57.9 Å². The molecular formula is C17H9Cl2N5OS. The van der Waals surface area contributed by atoms with E-state index < -0.39 is 0 Å². The number of rotatable bonds is 3. The molecule has 3 aromatic heterocycles. The highest BCUT2D eigenvalue weighted by atomic mass is 35.5. The highest BCUT2D eigenvalue weighted by molar-refractivity contribution is 7.15. The minimum absolute atomic E-state index is 0.343. The summed E-state index contributed by atoms with van der Waals surface area (Å²) >= 11 is 13.8. The van der Waals surface area contributed by atoms with Crippen LogP contribution in [0.15, 0.2) is 52.3 Å². The molecule has 0 radical (unpaired) electrons. The second-order valence-electron chi connectivity index (χ2n) is 5.49. The number of hydrogen-bond acceptors (Lipinski definition) is 6. The molecule has 5 aromatic rings. The van der Waals surface area contributed by atoms with Crippen LogP contribution in [0.4, 0.5) is 12.0 Å². The van der Waals surface area contributed by atoms with E-state index in [0.29, 0.717) is 27.6 Å². The molecule has 2 aromatic carbocycles. The van der Waals surface area contributed by atoms with Crippen LogP contribution in [-0.4, -0.2) is 19.6 Å². The smallest absolute Gasteiger partial charge is 0.302 e. The molecule has 0 saturated heterocycles. The van der Waals surface area contributed by atoms with Crippen molar-refractivity contribution in [1.29, 1.82) is 0 Å². The number of fused-ring (bicyclic) bond motifs is 2. The van der Waals surface area contributed by atoms with Gasteiger partial charge in [0.25, 0.3) is 5.95 Å². The average Bonchev–Trinajstić information content (AvgIpc) is 3.29. The van der Waals surface area contributed by atoms with Crippen molar-refractivity contribution < 1.29 is 4.42 Å². The Labute approximate surface area is 161 Å². The number of hydrogen-bond donors (Lipinski definition) is 1. The van der Waals surface area contributed by atoms with Gasteiger partial charge < -0.3 is 4.42 Å². The highest BCUT2D eigenvalue weighted by Crippen LogP contribution is 2.33.